The standard InChI is InChI=1S/C19H18N4O2/c1-25-18-10-6-5-9-16(18)23-19(24)20-12-15-11-17(22-13-21-15)14-7-3-2-4-8-14/h2-11,13H,12H2,1H3,(H2,20,23,24). The molecular formula is C19H18N4O2. The lowest BCUT2D eigenvalue weighted by atomic mass is 10.1. The Morgan fingerprint density at radius 1 is 1.04 bits per heavy atom. The van der Waals surface area contributed by atoms with Gasteiger partial charge in [0.25, 0.3) is 0 Å². The molecule has 1 heterocycles. The van der Waals surface area contributed by atoms with Gasteiger partial charge < -0.3 is 15.4 Å². The highest BCUT2D eigenvalue weighted by atomic mass is 16.5. The number of nitrogens with one attached hydrogen (secondary N) is 2. The van der Waals surface area contributed by atoms with Crippen molar-refractivity contribution in [3.05, 3.63) is 72.7 Å². The molecule has 0 spiro atoms. The van der Waals surface area contributed by atoms with Crippen molar-refractivity contribution in [3.8, 4) is 17.0 Å². The monoisotopic (exact) mass is 334 g/mol. The molecule has 2 amide bonds. The highest BCUT2D eigenvalue weighted by molar-refractivity contribution is 5.90. The second kappa shape index (κ2) is 7.92. The van der Waals surface area contributed by atoms with E-state index in [2.05, 4.69) is 20.6 Å². The van der Waals surface area contributed by atoms with Gasteiger partial charge in [-0.2, -0.15) is 0 Å². The number of urea groups is 1. The van der Waals surface area contributed by atoms with Crippen LogP contribution in [0.1, 0.15) is 5.69 Å². The van der Waals surface area contributed by atoms with E-state index in [4.69, 9.17) is 4.74 Å². The van der Waals surface area contributed by atoms with Gasteiger partial charge >= 0.3 is 6.03 Å². The maximum absolute atomic E-state index is 12.1. The van der Waals surface area contributed by atoms with E-state index < -0.39 is 0 Å². The fourth-order valence-corrected chi connectivity index (χ4v) is 2.35. The van der Waals surface area contributed by atoms with Crippen LogP contribution in [0.3, 0.4) is 0 Å². The average molecular weight is 334 g/mol. The average Bonchev–Trinajstić information content (AvgIpc) is 2.68. The Bertz CT molecular complexity index is 853. The fraction of sp³-hybridized carbons (Fsp3) is 0.105. The normalized spacial score (nSPS) is 10.1. The summed E-state index contributed by atoms with van der Waals surface area (Å²) in [6.45, 7) is 0.295. The molecule has 2 aromatic carbocycles. The molecule has 1 aromatic heterocycles. The van der Waals surface area contributed by atoms with Gasteiger partial charge in [-0.15, -0.1) is 0 Å². The summed E-state index contributed by atoms with van der Waals surface area (Å²) in [5.41, 5.74) is 3.15. The number of anilines is 1. The summed E-state index contributed by atoms with van der Waals surface area (Å²) in [6.07, 6.45) is 1.50. The highest BCUT2D eigenvalue weighted by Crippen LogP contribution is 2.22. The molecule has 2 N–H and O–H groups in total. The van der Waals surface area contributed by atoms with Crippen molar-refractivity contribution in [1.82, 2.24) is 15.3 Å². The predicted molar refractivity (Wildman–Crippen MR) is 96.3 cm³/mol. The summed E-state index contributed by atoms with van der Waals surface area (Å²) >= 11 is 0. The number of aromatic nitrogens is 2. The predicted octanol–water partition coefficient (Wildman–Crippen LogP) is 3.47. The van der Waals surface area contributed by atoms with Crippen molar-refractivity contribution in [3.63, 3.8) is 0 Å². The number of carbonyl (C=O) groups excluding carboxylic acids is 1. The molecule has 0 aliphatic carbocycles. The maximum Gasteiger partial charge on any atom is 0.319 e. The molecule has 0 bridgehead atoms. The lowest BCUT2D eigenvalue weighted by Crippen LogP contribution is -2.28. The van der Waals surface area contributed by atoms with E-state index >= 15 is 0 Å². The molecule has 0 unspecified atom stereocenters. The SMILES string of the molecule is COc1ccccc1NC(=O)NCc1cc(-c2ccccc2)ncn1. The summed E-state index contributed by atoms with van der Waals surface area (Å²) in [4.78, 5) is 20.6. The number of methoxy groups -OCH3 is 1. The quantitative estimate of drug-likeness (QED) is 0.749. The molecule has 126 valence electrons. The zero-order valence-corrected chi connectivity index (χ0v) is 13.8. The van der Waals surface area contributed by atoms with Gasteiger partial charge in [0.1, 0.15) is 12.1 Å². The van der Waals surface area contributed by atoms with Gasteiger partial charge in [-0.25, -0.2) is 14.8 Å². The van der Waals surface area contributed by atoms with Gasteiger partial charge in [-0.1, -0.05) is 42.5 Å². The Labute approximate surface area is 145 Å². The van der Waals surface area contributed by atoms with Crippen LogP contribution < -0.4 is 15.4 Å². The van der Waals surface area contributed by atoms with Crippen LogP contribution in [0, 0.1) is 0 Å². The van der Waals surface area contributed by atoms with Crippen LogP contribution >= 0.6 is 0 Å². The Balaban J connectivity index is 1.63. The molecule has 0 aliphatic rings. The number of rotatable bonds is 5. The number of hydrogen-bond acceptors (Lipinski definition) is 4. The van der Waals surface area contributed by atoms with Crippen LogP contribution in [0.15, 0.2) is 67.0 Å². The van der Waals surface area contributed by atoms with Gasteiger partial charge in [0.2, 0.25) is 0 Å². The van der Waals surface area contributed by atoms with Crippen LogP contribution in [0.2, 0.25) is 0 Å². The largest absolute Gasteiger partial charge is 0.495 e. The second-order valence-electron chi connectivity index (χ2n) is 5.27. The number of benzene rings is 2. The molecule has 0 aliphatic heterocycles. The lowest BCUT2D eigenvalue weighted by Gasteiger charge is -2.11. The molecule has 0 fully saturated rings. The van der Waals surface area contributed by atoms with E-state index in [1.807, 2.05) is 48.5 Å². The Morgan fingerprint density at radius 3 is 2.60 bits per heavy atom. The first-order chi connectivity index (χ1) is 12.3. The second-order valence-corrected chi connectivity index (χ2v) is 5.27. The van der Waals surface area contributed by atoms with Crippen molar-refractivity contribution < 1.29 is 9.53 Å². The van der Waals surface area contributed by atoms with E-state index in [-0.39, 0.29) is 6.03 Å². The third-order valence-corrected chi connectivity index (χ3v) is 3.58. The summed E-state index contributed by atoms with van der Waals surface area (Å²) in [6, 6.07) is 18.6. The number of para-hydroxylation sites is 2. The minimum absolute atomic E-state index is 0.295. The number of amides is 2. The van der Waals surface area contributed by atoms with Gasteiger partial charge in [-0.05, 0) is 18.2 Å². The first-order valence-corrected chi connectivity index (χ1v) is 7.80. The first-order valence-electron chi connectivity index (χ1n) is 7.80. The van der Waals surface area contributed by atoms with Gasteiger partial charge in [0.05, 0.1) is 30.7 Å². The molecular weight excluding hydrogens is 316 g/mol. The number of nitrogens with zero attached hydrogens (tertiary/aromatic N) is 2. The molecule has 0 radical (unpaired) electrons. The Kier molecular flexibility index (Phi) is 5.21. The third kappa shape index (κ3) is 4.32. The number of carbonyl (C=O) groups is 1. The summed E-state index contributed by atoms with van der Waals surface area (Å²) in [5, 5.41) is 5.54. The van der Waals surface area contributed by atoms with E-state index in [1.54, 1.807) is 19.2 Å². The molecule has 6 heteroatoms. The third-order valence-electron chi connectivity index (χ3n) is 3.58. The van der Waals surface area contributed by atoms with Crippen LogP contribution in [-0.2, 0) is 6.54 Å². The molecule has 0 atom stereocenters. The van der Waals surface area contributed by atoms with Crippen LogP contribution in [0.5, 0.6) is 5.75 Å². The van der Waals surface area contributed by atoms with Crippen molar-refractivity contribution >= 4 is 11.7 Å². The van der Waals surface area contributed by atoms with Crippen molar-refractivity contribution in [2.24, 2.45) is 0 Å². The maximum atomic E-state index is 12.1. The minimum atomic E-state index is -0.329. The Hall–Kier alpha value is -3.41. The van der Waals surface area contributed by atoms with Gasteiger partial charge in [0.15, 0.2) is 0 Å². The smallest absolute Gasteiger partial charge is 0.319 e. The van der Waals surface area contributed by atoms with E-state index in [1.165, 1.54) is 6.33 Å². The molecule has 3 rings (SSSR count). The summed E-state index contributed by atoms with van der Waals surface area (Å²) in [5.74, 6) is 0.603. The number of ether oxygens (including phenoxy) is 1. The van der Waals surface area contributed by atoms with Gasteiger partial charge in [-0.3, -0.25) is 0 Å². The van der Waals surface area contributed by atoms with Crippen molar-refractivity contribution in [2.45, 2.75) is 6.54 Å². The first kappa shape index (κ1) is 16.4. The van der Waals surface area contributed by atoms with Crippen molar-refractivity contribution in [2.75, 3.05) is 12.4 Å². The molecule has 25 heavy (non-hydrogen) atoms. The van der Waals surface area contributed by atoms with Crippen LogP contribution in [0.4, 0.5) is 10.5 Å². The van der Waals surface area contributed by atoms with Crippen LogP contribution in [0.25, 0.3) is 11.3 Å². The zero-order chi connectivity index (χ0) is 17.5. The van der Waals surface area contributed by atoms with E-state index in [9.17, 15) is 4.79 Å². The highest BCUT2D eigenvalue weighted by Gasteiger charge is 2.07. The van der Waals surface area contributed by atoms with E-state index in [0.29, 0.717) is 18.0 Å². The fourth-order valence-electron chi connectivity index (χ4n) is 2.35. The Morgan fingerprint density at radius 2 is 1.80 bits per heavy atom. The van der Waals surface area contributed by atoms with Gasteiger partial charge in [0, 0.05) is 5.56 Å². The van der Waals surface area contributed by atoms with E-state index in [0.717, 1.165) is 17.0 Å². The molecule has 0 saturated carbocycles. The minimum Gasteiger partial charge on any atom is -0.495 e. The molecule has 0 saturated heterocycles. The number of hydrogen-bond donors (Lipinski definition) is 2. The van der Waals surface area contributed by atoms with Crippen molar-refractivity contribution in [1.29, 1.82) is 0 Å². The molecule has 3 aromatic rings. The molecule has 6 nitrogen and oxygen atoms in total. The van der Waals surface area contributed by atoms with Crippen LogP contribution in [-0.4, -0.2) is 23.1 Å². The lowest BCUT2D eigenvalue weighted by molar-refractivity contribution is 0.251. The topological polar surface area (TPSA) is 76.1 Å². The zero-order valence-electron chi connectivity index (χ0n) is 13.8. The summed E-state index contributed by atoms with van der Waals surface area (Å²) in [7, 11) is 1.56. The summed E-state index contributed by atoms with van der Waals surface area (Å²) < 4.78 is 5.21.